The molecule has 0 aliphatic rings. The Hall–Kier alpha value is -4.34. The van der Waals surface area contributed by atoms with Crippen LogP contribution in [0.25, 0.3) is 0 Å². The Balaban J connectivity index is 1.82. The lowest BCUT2D eigenvalue weighted by molar-refractivity contribution is -0.140. The van der Waals surface area contributed by atoms with Crippen molar-refractivity contribution in [1.29, 1.82) is 0 Å². The molecule has 4 aromatic rings. The number of sulfonamides is 1. The van der Waals surface area contributed by atoms with Crippen LogP contribution >= 0.6 is 11.6 Å². The molecule has 2 amide bonds. The summed E-state index contributed by atoms with van der Waals surface area (Å²) in [5, 5.41) is 3.33. The standard InChI is InChI=1S/C34H36ClN3O5S/c1-3-36-34(40)31(23-26-14-7-5-8-15-26)37(24-27-16-13-17-28(35)22-27)33(39)25-38(30-20-11-12-21-32(30)43-4-2)44(41,42)29-18-9-6-10-19-29/h5-22,31H,3-4,23-25H2,1-2H3,(H,36,40)/t31-/m0/s1. The van der Waals surface area contributed by atoms with E-state index in [1.807, 2.05) is 36.4 Å². The van der Waals surface area contributed by atoms with E-state index in [2.05, 4.69) is 5.32 Å². The molecule has 44 heavy (non-hydrogen) atoms. The molecule has 0 aromatic heterocycles. The van der Waals surface area contributed by atoms with Gasteiger partial charge in [0, 0.05) is 24.5 Å². The fourth-order valence-electron chi connectivity index (χ4n) is 4.85. The third-order valence-electron chi connectivity index (χ3n) is 6.91. The lowest BCUT2D eigenvalue weighted by Crippen LogP contribution is -2.53. The van der Waals surface area contributed by atoms with Gasteiger partial charge in [0.05, 0.1) is 17.2 Å². The quantitative estimate of drug-likeness (QED) is 0.192. The number of anilines is 1. The number of nitrogens with zero attached hydrogens (tertiary/aromatic N) is 2. The largest absolute Gasteiger partial charge is 0.492 e. The van der Waals surface area contributed by atoms with Gasteiger partial charge in [-0.15, -0.1) is 0 Å². The van der Waals surface area contributed by atoms with Crippen molar-refractivity contribution in [3.05, 3.63) is 125 Å². The first-order chi connectivity index (χ1) is 21.2. The predicted octanol–water partition coefficient (Wildman–Crippen LogP) is 5.71. The van der Waals surface area contributed by atoms with Crippen LogP contribution in [-0.4, -0.2) is 50.9 Å². The summed E-state index contributed by atoms with van der Waals surface area (Å²) < 4.78 is 35.1. The summed E-state index contributed by atoms with van der Waals surface area (Å²) in [5.74, 6) is -0.602. The molecule has 4 rings (SSSR count). The van der Waals surface area contributed by atoms with Gasteiger partial charge in [0.15, 0.2) is 0 Å². The monoisotopic (exact) mass is 633 g/mol. The minimum atomic E-state index is -4.23. The third-order valence-corrected chi connectivity index (χ3v) is 8.92. The number of hydrogen-bond acceptors (Lipinski definition) is 5. The zero-order valence-corrected chi connectivity index (χ0v) is 26.3. The van der Waals surface area contributed by atoms with E-state index in [1.54, 1.807) is 74.5 Å². The highest BCUT2D eigenvalue weighted by atomic mass is 35.5. The molecular formula is C34H36ClN3O5S. The van der Waals surface area contributed by atoms with Gasteiger partial charge in [-0.25, -0.2) is 8.42 Å². The van der Waals surface area contributed by atoms with Crippen molar-refractivity contribution >= 4 is 39.1 Å². The molecule has 1 atom stereocenters. The van der Waals surface area contributed by atoms with Gasteiger partial charge in [0.1, 0.15) is 18.3 Å². The number of nitrogens with one attached hydrogen (secondary N) is 1. The maximum absolute atomic E-state index is 14.5. The van der Waals surface area contributed by atoms with Crippen molar-refractivity contribution in [2.75, 3.05) is 24.0 Å². The number of benzene rings is 4. The van der Waals surface area contributed by atoms with Gasteiger partial charge in [-0.1, -0.05) is 84.4 Å². The van der Waals surface area contributed by atoms with E-state index in [-0.39, 0.29) is 29.5 Å². The van der Waals surface area contributed by atoms with Crippen LogP contribution in [-0.2, 0) is 32.6 Å². The SMILES string of the molecule is CCNC(=O)[C@H](Cc1ccccc1)N(Cc1cccc(Cl)c1)C(=O)CN(c1ccccc1OCC)S(=O)(=O)c1ccccc1. The summed E-state index contributed by atoms with van der Waals surface area (Å²) in [5.41, 5.74) is 1.76. The van der Waals surface area contributed by atoms with Gasteiger partial charge >= 0.3 is 0 Å². The Morgan fingerprint density at radius 2 is 1.48 bits per heavy atom. The summed E-state index contributed by atoms with van der Waals surface area (Å²) in [6, 6.07) is 30.1. The van der Waals surface area contributed by atoms with E-state index in [0.29, 0.717) is 29.5 Å². The van der Waals surface area contributed by atoms with Crippen LogP contribution in [0.1, 0.15) is 25.0 Å². The number of carbonyl (C=O) groups is 2. The first-order valence-corrected chi connectivity index (χ1v) is 16.2. The second kappa shape index (κ2) is 15.4. The Labute approximate surface area is 264 Å². The van der Waals surface area contributed by atoms with Gasteiger partial charge in [0.2, 0.25) is 11.8 Å². The molecule has 230 valence electrons. The van der Waals surface area contributed by atoms with Crippen LogP contribution in [0.4, 0.5) is 5.69 Å². The first kappa shape index (κ1) is 32.6. The number of ether oxygens (including phenoxy) is 1. The maximum atomic E-state index is 14.5. The fraction of sp³-hybridized carbons (Fsp3) is 0.235. The van der Waals surface area contributed by atoms with Crippen molar-refractivity contribution in [1.82, 2.24) is 10.2 Å². The normalized spacial score (nSPS) is 11.8. The van der Waals surface area contributed by atoms with Crippen LogP contribution in [0, 0.1) is 0 Å². The van der Waals surface area contributed by atoms with Crippen LogP contribution in [0.15, 0.2) is 114 Å². The van der Waals surface area contributed by atoms with E-state index >= 15 is 0 Å². The van der Waals surface area contributed by atoms with Crippen LogP contribution in [0.5, 0.6) is 5.75 Å². The number of carbonyl (C=O) groups excluding carboxylic acids is 2. The van der Waals surface area contributed by atoms with Crippen molar-refractivity contribution in [2.45, 2.75) is 37.8 Å². The molecule has 0 spiro atoms. The van der Waals surface area contributed by atoms with Gasteiger partial charge in [0.25, 0.3) is 10.0 Å². The van der Waals surface area contributed by atoms with E-state index in [4.69, 9.17) is 16.3 Å². The Morgan fingerprint density at radius 1 is 0.841 bits per heavy atom. The lowest BCUT2D eigenvalue weighted by Gasteiger charge is -2.34. The molecule has 0 unspecified atom stereocenters. The third kappa shape index (κ3) is 8.18. The molecule has 0 fully saturated rings. The average molecular weight is 634 g/mol. The molecule has 0 saturated carbocycles. The van der Waals surface area contributed by atoms with Gasteiger partial charge < -0.3 is 15.0 Å². The summed E-state index contributed by atoms with van der Waals surface area (Å²) >= 11 is 6.28. The smallest absolute Gasteiger partial charge is 0.264 e. The second-order valence-corrected chi connectivity index (χ2v) is 12.3. The van der Waals surface area contributed by atoms with Crippen molar-refractivity contribution in [3.8, 4) is 5.75 Å². The molecule has 0 bridgehead atoms. The van der Waals surface area contributed by atoms with Gasteiger partial charge in [-0.05, 0) is 61.4 Å². The van der Waals surface area contributed by atoms with Gasteiger partial charge in [-0.3, -0.25) is 13.9 Å². The summed E-state index contributed by atoms with van der Waals surface area (Å²) in [6.45, 7) is 3.71. The van der Waals surface area contributed by atoms with E-state index in [0.717, 1.165) is 9.87 Å². The zero-order chi connectivity index (χ0) is 31.5. The summed E-state index contributed by atoms with van der Waals surface area (Å²) in [6.07, 6.45) is 0.222. The van der Waals surface area contributed by atoms with E-state index in [9.17, 15) is 18.0 Å². The van der Waals surface area contributed by atoms with Crippen molar-refractivity contribution in [2.24, 2.45) is 0 Å². The highest BCUT2D eigenvalue weighted by Gasteiger charge is 2.35. The topological polar surface area (TPSA) is 96.0 Å². The Morgan fingerprint density at radius 3 is 2.14 bits per heavy atom. The molecule has 8 nitrogen and oxygen atoms in total. The molecule has 4 aromatic carbocycles. The number of amides is 2. The van der Waals surface area contributed by atoms with E-state index < -0.39 is 28.5 Å². The number of halogens is 1. The summed E-state index contributed by atoms with van der Waals surface area (Å²) in [4.78, 5) is 29.5. The minimum absolute atomic E-state index is 0.0186. The van der Waals surface area contributed by atoms with Crippen LogP contribution in [0.2, 0.25) is 5.02 Å². The minimum Gasteiger partial charge on any atom is -0.492 e. The zero-order valence-electron chi connectivity index (χ0n) is 24.7. The highest BCUT2D eigenvalue weighted by molar-refractivity contribution is 7.92. The number of likely N-dealkylation sites (N-methyl/N-ethyl adjacent to an activating group) is 1. The van der Waals surface area contributed by atoms with Crippen molar-refractivity contribution < 1.29 is 22.7 Å². The fourth-order valence-corrected chi connectivity index (χ4v) is 6.51. The van der Waals surface area contributed by atoms with Gasteiger partial charge in [-0.2, -0.15) is 0 Å². The Bertz CT molecular complexity index is 1650. The molecule has 1 N–H and O–H groups in total. The maximum Gasteiger partial charge on any atom is 0.264 e. The second-order valence-electron chi connectivity index (χ2n) is 9.98. The van der Waals surface area contributed by atoms with Crippen LogP contribution in [0.3, 0.4) is 0 Å². The molecule has 0 heterocycles. The molecule has 10 heteroatoms. The Kier molecular flexibility index (Phi) is 11.4. The average Bonchev–Trinajstić information content (AvgIpc) is 3.03. The highest BCUT2D eigenvalue weighted by Crippen LogP contribution is 2.33. The molecule has 0 aliphatic carbocycles. The molecule has 0 aliphatic heterocycles. The number of rotatable bonds is 14. The molecule has 0 radical (unpaired) electrons. The van der Waals surface area contributed by atoms with Crippen molar-refractivity contribution in [3.63, 3.8) is 0 Å². The molecular weight excluding hydrogens is 598 g/mol. The van der Waals surface area contributed by atoms with Crippen LogP contribution < -0.4 is 14.4 Å². The lowest BCUT2D eigenvalue weighted by atomic mass is 10.0. The predicted molar refractivity (Wildman–Crippen MR) is 173 cm³/mol. The van der Waals surface area contributed by atoms with E-state index in [1.165, 1.54) is 17.0 Å². The summed E-state index contributed by atoms with van der Waals surface area (Å²) in [7, 11) is -4.23. The number of para-hydroxylation sites is 2. The molecule has 0 saturated heterocycles. The number of hydrogen-bond donors (Lipinski definition) is 1. The first-order valence-electron chi connectivity index (χ1n) is 14.4.